The zero-order valence-electron chi connectivity index (χ0n) is 15.2. The van der Waals surface area contributed by atoms with Crippen molar-refractivity contribution in [3.63, 3.8) is 0 Å². The van der Waals surface area contributed by atoms with Gasteiger partial charge in [0.25, 0.3) is 0 Å². The van der Waals surface area contributed by atoms with Crippen molar-refractivity contribution in [2.24, 2.45) is 0 Å². The van der Waals surface area contributed by atoms with Gasteiger partial charge in [-0.15, -0.1) is 0 Å². The van der Waals surface area contributed by atoms with Crippen LogP contribution in [-0.4, -0.2) is 44.1 Å². The van der Waals surface area contributed by atoms with Gasteiger partial charge >= 0.3 is 0 Å². The van der Waals surface area contributed by atoms with Gasteiger partial charge in [0.2, 0.25) is 10.0 Å². The molecule has 1 saturated heterocycles. The molecule has 6 heteroatoms. The predicted octanol–water partition coefficient (Wildman–Crippen LogP) is 3.33. The highest BCUT2D eigenvalue weighted by Gasteiger charge is 2.42. The summed E-state index contributed by atoms with van der Waals surface area (Å²) >= 11 is 0. The SMILES string of the molecule is O=S(=O)(c1ccccc1)N1CCC(F)(CNC2CC2c2ccccc2)CC1. The first-order chi connectivity index (χ1) is 13.0. The lowest BCUT2D eigenvalue weighted by atomic mass is 9.94. The third kappa shape index (κ3) is 4.08. The van der Waals surface area contributed by atoms with Crippen LogP contribution in [0.25, 0.3) is 0 Å². The quantitative estimate of drug-likeness (QED) is 0.826. The van der Waals surface area contributed by atoms with Crippen LogP contribution in [0.15, 0.2) is 65.6 Å². The van der Waals surface area contributed by atoms with Crippen LogP contribution in [0.5, 0.6) is 0 Å². The summed E-state index contributed by atoms with van der Waals surface area (Å²) in [6, 6.07) is 19.0. The van der Waals surface area contributed by atoms with Crippen LogP contribution >= 0.6 is 0 Å². The van der Waals surface area contributed by atoms with Gasteiger partial charge in [0.05, 0.1) is 4.90 Å². The largest absolute Gasteiger partial charge is 0.310 e. The highest BCUT2D eigenvalue weighted by atomic mass is 32.2. The molecule has 1 aliphatic heterocycles. The van der Waals surface area contributed by atoms with E-state index in [2.05, 4.69) is 17.4 Å². The lowest BCUT2D eigenvalue weighted by Gasteiger charge is -2.36. The third-order valence-corrected chi connectivity index (χ3v) is 7.61. The summed E-state index contributed by atoms with van der Waals surface area (Å²) in [5.41, 5.74) is -0.0429. The number of hydrogen-bond acceptors (Lipinski definition) is 3. The predicted molar refractivity (Wildman–Crippen MR) is 104 cm³/mol. The van der Waals surface area contributed by atoms with Gasteiger partial charge in [0, 0.05) is 31.6 Å². The van der Waals surface area contributed by atoms with Crippen molar-refractivity contribution in [3.8, 4) is 0 Å². The van der Waals surface area contributed by atoms with Crippen molar-refractivity contribution in [1.29, 1.82) is 0 Å². The number of hydrogen-bond donors (Lipinski definition) is 1. The van der Waals surface area contributed by atoms with Crippen molar-refractivity contribution in [3.05, 3.63) is 66.2 Å². The van der Waals surface area contributed by atoms with Gasteiger partial charge in [-0.25, -0.2) is 12.8 Å². The monoisotopic (exact) mass is 388 g/mol. The molecule has 0 spiro atoms. The molecule has 1 heterocycles. The summed E-state index contributed by atoms with van der Waals surface area (Å²) in [5.74, 6) is 0.466. The minimum absolute atomic E-state index is 0.224. The first-order valence-corrected chi connectivity index (χ1v) is 10.9. The fraction of sp³-hybridized carbons (Fsp3) is 0.429. The van der Waals surface area contributed by atoms with Crippen LogP contribution in [-0.2, 0) is 10.0 Å². The van der Waals surface area contributed by atoms with Crippen LogP contribution in [0.1, 0.15) is 30.7 Å². The molecule has 1 aliphatic carbocycles. The minimum Gasteiger partial charge on any atom is -0.310 e. The smallest absolute Gasteiger partial charge is 0.243 e. The molecule has 1 saturated carbocycles. The lowest BCUT2D eigenvalue weighted by molar-refractivity contribution is 0.0871. The molecule has 0 aromatic heterocycles. The van der Waals surface area contributed by atoms with Gasteiger partial charge < -0.3 is 5.32 Å². The van der Waals surface area contributed by atoms with Crippen LogP contribution < -0.4 is 5.32 Å². The maximum absolute atomic E-state index is 15.2. The molecule has 2 atom stereocenters. The van der Waals surface area contributed by atoms with E-state index in [1.165, 1.54) is 9.87 Å². The Balaban J connectivity index is 1.30. The summed E-state index contributed by atoms with van der Waals surface area (Å²) in [5, 5.41) is 3.36. The number of piperidine rings is 1. The molecule has 4 rings (SSSR count). The molecule has 144 valence electrons. The standard InChI is InChI=1S/C21H25FN2O2S/c22-21(16-23-20-15-19(20)17-7-3-1-4-8-17)11-13-24(14-12-21)27(25,26)18-9-5-2-6-10-18/h1-10,19-20,23H,11-16H2. The minimum atomic E-state index is -3.53. The Morgan fingerprint density at radius 1 is 1.00 bits per heavy atom. The lowest BCUT2D eigenvalue weighted by Crippen LogP contribution is -2.49. The number of halogens is 1. The topological polar surface area (TPSA) is 49.4 Å². The molecule has 2 aromatic rings. The summed E-state index contributed by atoms with van der Waals surface area (Å²) in [4.78, 5) is 0.276. The van der Waals surface area contributed by atoms with Crippen LogP contribution in [0.2, 0.25) is 0 Å². The second-order valence-electron chi connectivity index (χ2n) is 7.61. The Hall–Kier alpha value is -1.76. The maximum atomic E-state index is 15.2. The van der Waals surface area contributed by atoms with Crippen LogP contribution in [0, 0.1) is 0 Å². The maximum Gasteiger partial charge on any atom is 0.243 e. The fourth-order valence-electron chi connectivity index (χ4n) is 3.85. The second-order valence-corrected chi connectivity index (χ2v) is 9.55. The highest BCUT2D eigenvalue weighted by molar-refractivity contribution is 7.89. The zero-order valence-corrected chi connectivity index (χ0v) is 16.0. The molecule has 0 bridgehead atoms. The molecule has 0 radical (unpaired) electrons. The summed E-state index contributed by atoms with van der Waals surface area (Å²) in [6.07, 6.45) is 1.50. The normalized spacial score (nSPS) is 25.2. The zero-order chi connectivity index (χ0) is 18.9. The number of rotatable bonds is 6. The van der Waals surface area contributed by atoms with Crippen molar-refractivity contribution in [2.45, 2.75) is 41.8 Å². The molecule has 2 fully saturated rings. The Morgan fingerprint density at radius 2 is 1.59 bits per heavy atom. The Kier molecular flexibility index (Phi) is 5.05. The van der Waals surface area contributed by atoms with Crippen LogP contribution in [0.3, 0.4) is 0 Å². The number of alkyl halides is 1. The van der Waals surface area contributed by atoms with Gasteiger partial charge in [-0.05, 0) is 37.0 Å². The molecule has 2 aliphatic rings. The van der Waals surface area contributed by atoms with Gasteiger partial charge in [0.1, 0.15) is 5.67 Å². The van der Waals surface area contributed by atoms with Gasteiger partial charge in [0.15, 0.2) is 0 Å². The number of benzene rings is 2. The van der Waals surface area contributed by atoms with Gasteiger partial charge in [-0.3, -0.25) is 0 Å². The van der Waals surface area contributed by atoms with E-state index in [-0.39, 0.29) is 30.8 Å². The molecular weight excluding hydrogens is 363 g/mol. The molecule has 27 heavy (non-hydrogen) atoms. The average molecular weight is 389 g/mol. The Bertz CT molecular complexity index is 866. The van der Waals surface area contributed by atoms with Crippen molar-refractivity contribution >= 4 is 10.0 Å². The second kappa shape index (κ2) is 7.34. The molecular formula is C21H25FN2O2S. The van der Waals surface area contributed by atoms with Crippen molar-refractivity contribution < 1.29 is 12.8 Å². The number of nitrogens with one attached hydrogen (secondary N) is 1. The van der Waals surface area contributed by atoms with Gasteiger partial charge in [-0.2, -0.15) is 4.31 Å². The Labute approximate surface area is 160 Å². The van der Waals surface area contributed by atoms with E-state index in [1.54, 1.807) is 30.3 Å². The van der Waals surface area contributed by atoms with E-state index in [0.717, 1.165) is 6.42 Å². The molecule has 2 aromatic carbocycles. The summed E-state index contributed by atoms with van der Waals surface area (Å²) in [6.45, 7) is 0.741. The van der Waals surface area contributed by atoms with E-state index in [0.29, 0.717) is 18.5 Å². The first kappa shape index (κ1) is 18.6. The van der Waals surface area contributed by atoms with E-state index >= 15 is 4.39 Å². The highest BCUT2D eigenvalue weighted by Crippen LogP contribution is 2.41. The van der Waals surface area contributed by atoms with Crippen molar-refractivity contribution in [1.82, 2.24) is 9.62 Å². The van der Waals surface area contributed by atoms with Gasteiger partial charge in [-0.1, -0.05) is 48.5 Å². The van der Waals surface area contributed by atoms with E-state index in [4.69, 9.17) is 0 Å². The molecule has 4 nitrogen and oxygen atoms in total. The fourth-order valence-corrected chi connectivity index (χ4v) is 5.31. The first-order valence-electron chi connectivity index (χ1n) is 9.50. The molecule has 2 unspecified atom stereocenters. The van der Waals surface area contributed by atoms with E-state index in [1.807, 2.05) is 18.2 Å². The van der Waals surface area contributed by atoms with Crippen molar-refractivity contribution in [2.75, 3.05) is 19.6 Å². The molecule has 1 N–H and O–H groups in total. The summed E-state index contributed by atoms with van der Waals surface area (Å²) in [7, 11) is -3.53. The number of nitrogens with zero attached hydrogens (tertiary/aromatic N) is 1. The number of sulfonamides is 1. The van der Waals surface area contributed by atoms with E-state index in [9.17, 15) is 8.42 Å². The molecule has 0 amide bonds. The third-order valence-electron chi connectivity index (χ3n) is 5.70. The van der Waals surface area contributed by atoms with Crippen LogP contribution in [0.4, 0.5) is 4.39 Å². The van der Waals surface area contributed by atoms with E-state index < -0.39 is 15.7 Å². The Morgan fingerprint density at radius 3 is 2.22 bits per heavy atom. The average Bonchev–Trinajstić information content (AvgIpc) is 3.48. The summed E-state index contributed by atoms with van der Waals surface area (Å²) < 4.78 is 41.9.